The molecule has 0 aromatic rings. The van der Waals surface area contributed by atoms with E-state index in [-0.39, 0.29) is 0 Å². The van der Waals surface area contributed by atoms with E-state index in [9.17, 15) is 43.2 Å². The lowest BCUT2D eigenvalue weighted by Crippen LogP contribution is -2.46. The molecule has 184 valence electrons. The molecule has 0 bridgehead atoms. The molecule has 0 fully saturated rings. The fraction of sp³-hybridized carbons (Fsp3) is 1.00. The van der Waals surface area contributed by atoms with Gasteiger partial charge in [0.2, 0.25) is 0 Å². The number of unbranched alkanes of at least 4 members (excludes halogenated alkanes) is 4. The highest BCUT2D eigenvalue weighted by atomic mass is 32.3. The van der Waals surface area contributed by atoms with Crippen molar-refractivity contribution in [2.45, 2.75) is 76.7 Å². The van der Waals surface area contributed by atoms with Crippen LogP contribution < -0.4 is 0 Å². The minimum absolute atomic E-state index is 0.778. The minimum atomic E-state index is -6.72. The van der Waals surface area contributed by atoms with E-state index in [2.05, 4.69) is 27.8 Å². The molecule has 0 spiro atoms. The first-order valence-electron chi connectivity index (χ1n) is 9.59. The lowest BCUT2D eigenvalue weighted by atomic mass is 10.2. The molecule has 0 aliphatic heterocycles. The van der Waals surface area contributed by atoms with Gasteiger partial charge in [-0.05, 0) is 25.7 Å². The molecule has 0 amide bonds. The minimum Gasteiger partial charge on any atom is -0.421 e. The van der Waals surface area contributed by atoms with Crippen molar-refractivity contribution in [3.63, 3.8) is 0 Å². The van der Waals surface area contributed by atoms with Crippen molar-refractivity contribution in [2.75, 3.05) is 26.7 Å². The molecule has 6 nitrogen and oxygen atoms in total. The SMILES string of the molecule is CCCCC[N+](C)(CCCC)CCCC.O=S(=O)([N-]S(=O)(=O)C(F)(F)F)C(F)(F)F. The van der Waals surface area contributed by atoms with Crippen LogP contribution in [0.4, 0.5) is 26.3 Å². The van der Waals surface area contributed by atoms with Crippen LogP contribution in [0.15, 0.2) is 0 Å². The van der Waals surface area contributed by atoms with Crippen LogP contribution in [0, 0.1) is 0 Å². The molecule has 30 heavy (non-hydrogen) atoms. The molecule has 0 radical (unpaired) electrons. The number of hydrogen-bond acceptors (Lipinski definition) is 4. The topological polar surface area (TPSA) is 82.4 Å². The summed E-state index contributed by atoms with van der Waals surface area (Å²) >= 11 is 0. The van der Waals surface area contributed by atoms with Crippen LogP contribution in [0.2, 0.25) is 0 Å². The summed E-state index contributed by atoms with van der Waals surface area (Å²) in [7, 11) is -11.0. The highest BCUT2D eigenvalue weighted by molar-refractivity contribution is 8.13. The zero-order valence-electron chi connectivity index (χ0n) is 17.7. The Morgan fingerprint density at radius 1 is 0.633 bits per heavy atom. The second kappa shape index (κ2) is 13.1. The maximum atomic E-state index is 11.4. The summed E-state index contributed by atoms with van der Waals surface area (Å²) in [6.45, 7) is 11.1. The molecule has 0 N–H and O–H groups in total. The predicted molar refractivity (Wildman–Crippen MR) is 103 cm³/mol. The third kappa shape index (κ3) is 12.3. The zero-order chi connectivity index (χ0) is 24.3. The van der Waals surface area contributed by atoms with Gasteiger partial charge < -0.3 is 8.61 Å². The van der Waals surface area contributed by atoms with Crippen molar-refractivity contribution < 1.29 is 47.7 Å². The van der Waals surface area contributed by atoms with E-state index in [0.29, 0.717) is 0 Å². The first kappa shape index (κ1) is 31.6. The highest BCUT2D eigenvalue weighted by Gasteiger charge is 2.46. The molecule has 0 aromatic heterocycles. The second-order valence-electron chi connectivity index (χ2n) is 7.12. The largest absolute Gasteiger partial charge is 0.480 e. The molecule has 0 saturated heterocycles. The number of sulfonamides is 2. The van der Waals surface area contributed by atoms with Gasteiger partial charge in [-0.2, -0.15) is 26.3 Å². The summed E-state index contributed by atoms with van der Waals surface area (Å²) in [5.74, 6) is 0. The quantitative estimate of drug-likeness (QED) is 0.210. The van der Waals surface area contributed by atoms with Gasteiger partial charge in [0.25, 0.3) is 0 Å². The van der Waals surface area contributed by atoms with Gasteiger partial charge in [0.05, 0.1) is 26.7 Å². The van der Waals surface area contributed by atoms with Gasteiger partial charge in [0.1, 0.15) is 0 Å². The standard InChI is InChI=1S/C14H32N.C2F6NO4S2/c1-5-8-11-14-15(4,12-9-6-2)13-10-7-3;3-1(4,5)14(10,11)9-15(12,13)2(6,7)8/h5-14H2,1-4H3;/q+1;-1. The van der Waals surface area contributed by atoms with Crippen LogP contribution in [0.1, 0.15) is 65.7 Å². The Morgan fingerprint density at radius 3 is 1.20 bits per heavy atom. The van der Waals surface area contributed by atoms with Crippen molar-refractivity contribution in [1.82, 2.24) is 0 Å². The number of quaternary nitrogens is 1. The molecule has 0 aliphatic carbocycles. The van der Waals surface area contributed by atoms with E-state index in [1.165, 1.54) is 69.1 Å². The number of nitrogens with zero attached hydrogens (tertiary/aromatic N) is 2. The van der Waals surface area contributed by atoms with E-state index >= 15 is 0 Å². The van der Waals surface area contributed by atoms with Gasteiger partial charge in [-0.15, -0.1) is 0 Å². The highest BCUT2D eigenvalue weighted by Crippen LogP contribution is 2.36. The Bertz CT molecular complexity index is 627. The van der Waals surface area contributed by atoms with E-state index < -0.39 is 31.1 Å². The third-order valence-corrected chi connectivity index (χ3v) is 6.93. The van der Waals surface area contributed by atoms with Crippen molar-refractivity contribution in [2.24, 2.45) is 0 Å². The van der Waals surface area contributed by atoms with Crippen LogP contribution in [-0.2, 0) is 20.0 Å². The molecular formula is C16H32F6N2O4S2. The predicted octanol–water partition coefficient (Wildman–Crippen LogP) is 5.28. The van der Waals surface area contributed by atoms with Crippen molar-refractivity contribution in [3.8, 4) is 0 Å². The molecule has 0 rings (SSSR count). The maximum Gasteiger partial charge on any atom is 0.480 e. The molecule has 0 unspecified atom stereocenters. The van der Waals surface area contributed by atoms with Gasteiger partial charge in [-0.25, -0.2) is 16.8 Å². The van der Waals surface area contributed by atoms with E-state index in [1.54, 1.807) is 0 Å². The molecule has 14 heteroatoms. The Morgan fingerprint density at radius 2 is 0.933 bits per heavy atom. The third-order valence-electron chi connectivity index (χ3n) is 4.19. The first-order chi connectivity index (χ1) is 13.4. The normalized spacial score (nSPS) is 13.7. The lowest BCUT2D eigenvalue weighted by molar-refractivity contribution is -0.910. The first-order valence-corrected chi connectivity index (χ1v) is 12.5. The fourth-order valence-electron chi connectivity index (χ4n) is 2.37. The lowest BCUT2D eigenvalue weighted by Gasteiger charge is -2.35. The van der Waals surface area contributed by atoms with Crippen molar-refractivity contribution in [1.29, 1.82) is 0 Å². The van der Waals surface area contributed by atoms with Crippen LogP contribution >= 0.6 is 0 Å². The summed E-state index contributed by atoms with van der Waals surface area (Å²) in [5.41, 5.74) is -12.4. The average Bonchev–Trinajstić information content (AvgIpc) is 2.56. The summed E-state index contributed by atoms with van der Waals surface area (Å²) in [6.07, 6.45) is 9.65. The van der Waals surface area contributed by atoms with Crippen LogP contribution in [0.25, 0.3) is 4.13 Å². The monoisotopic (exact) mass is 494 g/mol. The molecule has 0 aliphatic rings. The van der Waals surface area contributed by atoms with E-state index in [4.69, 9.17) is 0 Å². The summed E-state index contributed by atoms with van der Waals surface area (Å²) in [6, 6.07) is 0. The van der Waals surface area contributed by atoms with Crippen molar-refractivity contribution in [3.05, 3.63) is 4.13 Å². The van der Waals surface area contributed by atoms with Gasteiger partial charge >= 0.3 is 11.0 Å². The Hall–Kier alpha value is -0.600. The van der Waals surface area contributed by atoms with E-state index in [1.807, 2.05) is 0 Å². The van der Waals surface area contributed by atoms with Crippen molar-refractivity contribution >= 4 is 20.0 Å². The fourth-order valence-corrected chi connectivity index (χ4v) is 4.08. The van der Waals surface area contributed by atoms with Gasteiger partial charge in [-0.1, -0.05) is 40.0 Å². The Kier molecular flexibility index (Phi) is 13.8. The average molecular weight is 495 g/mol. The molecule has 0 atom stereocenters. The number of halogens is 6. The Labute approximate surface area is 175 Å². The zero-order valence-corrected chi connectivity index (χ0v) is 19.3. The summed E-state index contributed by atoms with van der Waals surface area (Å²) in [5, 5.41) is 0. The second-order valence-corrected chi connectivity index (χ2v) is 10.5. The maximum absolute atomic E-state index is 11.4. The number of hydrogen-bond donors (Lipinski definition) is 0. The number of rotatable bonds is 12. The Balaban J connectivity index is 0. The van der Waals surface area contributed by atoms with Crippen LogP contribution in [-0.4, -0.2) is 59.0 Å². The van der Waals surface area contributed by atoms with Crippen LogP contribution in [0.3, 0.4) is 0 Å². The van der Waals surface area contributed by atoms with Gasteiger partial charge in [-0.3, -0.25) is 0 Å². The van der Waals surface area contributed by atoms with E-state index in [0.717, 1.165) is 4.13 Å². The molecule has 0 saturated carbocycles. The van der Waals surface area contributed by atoms with Gasteiger partial charge in [0.15, 0.2) is 20.0 Å². The smallest absolute Gasteiger partial charge is 0.421 e. The number of alkyl halides is 6. The summed E-state index contributed by atoms with van der Waals surface area (Å²) < 4.78 is 111. The summed E-state index contributed by atoms with van der Waals surface area (Å²) in [4.78, 5) is 0. The molecular weight excluding hydrogens is 462 g/mol. The molecule has 0 heterocycles. The van der Waals surface area contributed by atoms with Gasteiger partial charge in [0, 0.05) is 0 Å². The van der Waals surface area contributed by atoms with Crippen LogP contribution in [0.5, 0.6) is 0 Å². The molecule has 0 aromatic carbocycles.